The molecule has 2 N–H and O–H groups in total. The van der Waals surface area contributed by atoms with E-state index in [2.05, 4.69) is 43.9 Å². The third-order valence-corrected chi connectivity index (χ3v) is 8.07. The second-order valence-corrected chi connectivity index (χ2v) is 11.0. The number of nitrogens with one attached hydrogen (secondary N) is 2. The maximum Gasteiger partial charge on any atom is 0.323 e. The molecule has 0 bridgehead atoms. The number of carbonyl (C=O) groups is 2. The summed E-state index contributed by atoms with van der Waals surface area (Å²) in [6.45, 7) is 6.81. The van der Waals surface area contributed by atoms with Crippen LogP contribution < -0.4 is 10.6 Å². The lowest BCUT2D eigenvalue weighted by Crippen LogP contribution is -2.50. The molecule has 4 rings (SSSR count). The molecule has 3 aromatic heterocycles. The Kier molecular flexibility index (Phi) is 9.96. The van der Waals surface area contributed by atoms with Gasteiger partial charge in [-0.15, -0.1) is 0 Å². The van der Waals surface area contributed by atoms with E-state index in [1.54, 1.807) is 36.6 Å². The lowest BCUT2D eigenvalue weighted by Gasteiger charge is -2.40. The lowest BCUT2D eigenvalue weighted by molar-refractivity contribution is 0.0919. The number of carbonyl (C=O) groups excluding carboxylic acids is 2. The molecule has 1 aliphatic rings. The van der Waals surface area contributed by atoms with Crippen molar-refractivity contribution in [3.8, 4) is 0 Å². The highest BCUT2D eigenvalue weighted by atomic mass is 35.5. The maximum absolute atomic E-state index is 13.2. The molecule has 3 amide bonds. The summed E-state index contributed by atoms with van der Waals surface area (Å²) >= 11 is 13.7. The van der Waals surface area contributed by atoms with Crippen LogP contribution in [0.3, 0.4) is 0 Å². The lowest BCUT2D eigenvalue weighted by atomic mass is 10.0. The average Bonchev–Trinajstić information content (AvgIpc) is 3.41. The first-order valence-corrected chi connectivity index (χ1v) is 14.4. The number of aryl methyl sites for hydroxylation is 1. The summed E-state index contributed by atoms with van der Waals surface area (Å²) in [4.78, 5) is 38.5. The zero-order valence-corrected chi connectivity index (χ0v) is 23.8. The number of likely N-dealkylation sites (tertiary alicyclic amines) is 1. The van der Waals surface area contributed by atoms with Crippen molar-refractivity contribution >= 4 is 52.3 Å². The van der Waals surface area contributed by atoms with Crippen LogP contribution in [0.1, 0.15) is 47.7 Å². The largest absolute Gasteiger partial charge is 0.352 e. The fourth-order valence-electron chi connectivity index (χ4n) is 4.74. The second-order valence-electron chi connectivity index (χ2n) is 9.49. The molecule has 8 nitrogen and oxygen atoms in total. The van der Waals surface area contributed by atoms with Gasteiger partial charge in [-0.05, 0) is 79.3 Å². The van der Waals surface area contributed by atoms with Crippen LogP contribution in [-0.4, -0.2) is 63.4 Å². The number of thiophene rings is 1. The number of pyridine rings is 2. The summed E-state index contributed by atoms with van der Waals surface area (Å²) in [7, 11) is 0. The average molecular weight is 576 g/mol. The molecular formula is C27H32Cl2N6O2S. The number of hydrogen-bond donors (Lipinski definition) is 2. The molecule has 1 fully saturated rings. The van der Waals surface area contributed by atoms with Gasteiger partial charge >= 0.3 is 6.03 Å². The van der Waals surface area contributed by atoms with Crippen LogP contribution in [0.25, 0.3) is 0 Å². The Morgan fingerprint density at radius 3 is 2.68 bits per heavy atom. The first-order chi connectivity index (χ1) is 18.3. The zero-order chi connectivity index (χ0) is 27.1. The third kappa shape index (κ3) is 7.44. The van der Waals surface area contributed by atoms with Gasteiger partial charge in [-0.3, -0.25) is 10.1 Å². The Morgan fingerprint density at radius 2 is 2.03 bits per heavy atom. The van der Waals surface area contributed by atoms with E-state index in [1.165, 1.54) is 0 Å². The summed E-state index contributed by atoms with van der Waals surface area (Å²) in [6, 6.07) is 9.45. The quantitative estimate of drug-likeness (QED) is 0.312. The second kappa shape index (κ2) is 13.4. The maximum atomic E-state index is 13.2. The monoisotopic (exact) mass is 574 g/mol. The van der Waals surface area contributed by atoms with Gasteiger partial charge in [-0.1, -0.05) is 29.3 Å². The molecule has 0 unspecified atom stereocenters. The fourth-order valence-corrected chi connectivity index (χ4v) is 6.01. The Hall–Kier alpha value is -2.72. The van der Waals surface area contributed by atoms with Crippen molar-refractivity contribution in [3.63, 3.8) is 0 Å². The normalized spacial score (nSPS) is 15.2. The van der Waals surface area contributed by atoms with E-state index in [1.807, 2.05) is 22.4 Å². The molecular weight excluding hydrogens is 543 g/mol. The van der Waals surface area contributed by atoms with E-state index < -0.39 is 0 Å². The van der Waals surface area contributed by atoms with Crippen molar-refractivity contribution in [1.29, 1.82) is 0 Å². The van der Waals surface area contributed by atoms with Crippen molar-refractivity contribution in [2.75, 3.05) is 25.0 Å². The van der Waals surface area contributed by atoms with E-state index in [9.17, 15) is 9.59 Å². The molecule has 1 saturated heterocycles. The minimum absolute atomic E-state index is 0.113. The van der Waals surface area contributed by atoms with Crippen molar-refractivity contribution in [1.82, 2.24) is 25.1 Å². The third-order valence-electron chi connectivity index (χ3n) is 6.87. The number of rotatable bonds is 9. The van der Waals surface area contributed by atoms with Crippen LogP contribution >= 0.6 is 34.5 Å². The van der Waals surface area contributed by atoms with Crippen molar-refractivity contribution < 1.29 is 9.59 Å². The van der Waals surface area contributed by atoms with Gasteiger partial charge in [0.15, 0.2) is 0 Å². The van der Waals surface area contributed by atoms with Gasteiger partial charge in [0.2, 0.25) is 0 Å². The number of hydrogen-bond acceptors (Lipinski definition) is 6. The van der Waals surface area contributed by atoms with E-state index in [0.29, 0.717) is 30.0 Å². The summed E-state index contributed by atoms with van der Waals surface area (Å²) in [5.74, 6) is 0.303. The molecule has 3 aromatic rings. The molecule has 202 valence electrons. The fraction of sp³-hybridized carbons (Fsp3) is 0.407. The topological polar surface area (TPSA) is 90.5 Å². The Bertz CT molecular complexity index is 1200. The molecule has 0 aliphatic carbocycles. The number of aromatic nitrogens is 2. The van der Waals surface area contributed by atoms with Crippen molar-refractivity contribution in [2.24, 2.45) is 0 Å². The van der Waals surface area contributed by atoms with E-state index in [0.717, 1.165) is 37.9 Å². The van der Waals surface area contributed by atoms with Gasteiger partial charge in [0.25, 0.3) is 5.91 Å². The summed E-state index contributed by atoms with van der Waals surface area (Å²) < 4.78 is 0. The van der Waals surface area contributed by atoms with Crippen molar-refractivity contribution in [2.45, 2.75) is 51.7 Å². The molecule has 0 aromatic carbocycles. The highest BCUT2D eigenvalue weighted by Crippen LogP contribution is 2.24. The van der Waals surface area contributed by atoms with Crippen LogP contribution in [0.15, 0.2) is 47.3 Å². The molecule has 0 radical (unpaired) electrons. The van der Waals surface area contributed by atoms with Crippen LogP contribution in [0.2, 0.25) is 10.3 Å². The summed E-state index contributed by atoms with van der Waals surface area (Å²) in [6.07, 6.45) is 4.22. The number of halogens is 2. The molecule has 11 heteroatoms. The number of piperidine rings is 1. The van der Waals surface area contributed by atoms with E-state index >= 15 is 0 Å². The van der Waals surface area contributed by atoms with E-state index in [-0.39, 0.29) is 34.3 Å². The van der Waals surface area contributed by atoms with Crippen LogP contribution in [0.5, 0.6) is 0 Å². The van der Waals surface area contributed by atoms with Gasteiger partial charge in [0, 0.05) is 44.5 Å². The first-order valence-electron chi connectivity index (χ1n) is 12.7. The van der Waals surface area contributed by atoms with Crippen LogP contribution in [-0.2, 0) is 6.54 Å². The Labute approximate surface area is 237 Å². The molecule has 1 aliphatic heterocycles. The number of amides is 3. The van der Waals surface area contributed by atoms with E-state index in [4.69, 9.17) is 23.2 Å². The molecule has 1 atom stereocenters. The smallest absolute Gasteiger partial charge is 0.323 e. The SMILES string of the molecule is Cc1cc(Cl)nc(Cl)c1C(=O)NCC[C@@H](C)N1CCC(N(Cc2ccsc2)C(=O)Nc2ccccn2)CC1. The van der Waals surface area contributed by atoms with Gasteiger partial charge in [0.1, 0.15) is 16.1 Å². The highest BCUT2D eigenvalue weighted by molar-refractivity contribution is 7.07. The number of anilines is 1. The predicted molar refractivity (Wildman–Crippen MR) is 153 cm³/mol. The minimum Gasteiger partial charge on any atom is -0.352 e. The number of urea groups is 1. The molecule has 38 heavy (non-hydrogen) atoms. The van der Waals surface area contributed by atoms with Gasteiger partial charge in [-0.25, -0.2) is 14.8 Å². The standard InChI is InChI=1S/C27H32Cl2N6O2S/c1-18-15-22(28)32-25(29)24(18)26(36)31-11-6-19(2)34-12-7-21(8-13-34)35(16-20-9-14-38-17-20)27(37)33-23-5-3-4-10-30-23/h3-5,9-10,14-15,17,19,21H,6-8,11-13,16H2,1-2H3,(H,31,36)(H,30,33,37)/t19-/m1/s1. The summed E-state index contributed by atoms with van der Waals surface area (Å²) in [5.41, 5.74) is 2.19. The minimum atomic E-state index is -0.245. The predicted octanol–water partition coefficient (Wildman–Crippen LogP) is 5.86. The van der Waals surface area contributed by atoms with Gasteiger partial charge in [-0.2, -0.15) is 11.3 Å². The summed E-state index contributed by atoms with van der Waals surface area (Å²) in [5, 5.41) is 10.4. The molecule has 0 spiro atoms. The van der Waals surface area contributed by atoms with Crippen molar-refractivity contribution in [3.05, 3.63) is 74.3 Å². The molecule has 0 saturated carbocycles. The Balaban J connectivity index is 1.29. The zero-order valence-electron chi connectivity index (χ0n) is 21.5. The Morgan fingerprint density at radius 1 is 1.24 bits per heavy atom. The van der Waals surface area contributed by atoms with Gasteiger partial charge in [0.05, 0.1) is 5.56 Å². The highest BCUT2D eigenvalue weighted by Gasteiger charge is 2.30. The van der Waals surface area contributed by atoms with Gasteiger partial charge < -0.3 is 15.1 Å². The number of nitrogens with zero attached hydrogens (tertiary/aromatic N) is 4. The molecule has 4 heterocycles. The first kappa shape index (κ1) is 28.3. The van der Waals surface area contributed by atoms with Crippen LogP contribution in [0.4, 0.5) is 10.6 Å². The van der Waals surface area contributed by atoms with Crippen LogP contribution in [0, 0.1) is 6.92 Å².